The van der Waals surface area contributed by atoms with Crippen LogP contribution in [0.5, 0.6) is 5.75 Å². The summed E-state index contributed by atoms with van der Waals surface area (Å²) in [5.41, 5.74) is 6.63. The molecule has 0 aliphatic rings. The molecule has 0 amide bonds. The number of H-pyrrole nitrogens is 2. The average molecular weight is 437 g/mol. The second-order valence-corrected chi connectivity index (χ2v) is 7.48. The van der Waals surface area contributed by atoms with Crippen molar-refractivity contribution in [1.82, 2.24) is 35.1 Å². The second-order valence-electron chi connectivity index (χ2n) is 7.48. The maximum absolute atomic E-state index is 14.1. The number of aromatic nitrogens is 7. The molecule has 6 rings (SSSR count). The van der Waals surface area contributed by atoms with Crippen LogP contribution in [-0.4, -0.2) is 42.2 Å². The molecule has 1 aromatic carbocycles. The minimum absolute atomic E-state index is 0.390. The first kappa shape index (κ1) is 19.1. The Bertz CT molecular complexity index is 1620. The van der Waals surface area contributed by atoms with Gasteiger partial charge < -0.3 is 9.72 Å². The fraction of sp³-hybridized carbons (Fsp3) is 0.0417. The number of aromatic amines is 2. The van der Waals surface area contributed by atoms with Crippen LogP contribution < -0.4 is 4.74 Å². The van der Waals surface area contributed by atoms with E-state index in [2.05, 4.69) is 30.1 Å². The summed E-state index contributed by atoms with van der Waals surface area (Å²) in [7, 11) is 1.51. The lowest BCUT2D eigenvalue weighted by Crippen LogP contribution is -1.89. The first-order chi connectivity index (χ1) is 16.2. The highest BCUT2D eigenvalue weighted by atomic mass is 19.1. The minimum atomic E-state index is -0.390. The Morgan fingerprint density at radius 1 is 0.909 bits per heavy atom. The van der Waals surface area contributed by atoms with Gasteiger partial charge in [-0.2, -0.15) is 5.10 Å². The summed E-state index contributed by atoms with van der Waals surface area (Å²) in [5.74, 6) is 0.0401. The third kappa shape index (κ3) is 3.26. The highest BCUT2D eigenvalue weighted by Gasteiger charge is 2.16. The average Bonchev–Trinajstić information content (AvgIpc) is 3.47. The number of hydrogen-bond donors (Lipinski definition) is 2. The number of ether oxygens (including phenoxy) is 1. The highest BCUT2D eigenvalue weighted by Crippen LogP contribution is 2.34. The third-order valence-electron chi connectivity index (χ3n) is 5.45. The van der Waals surface area contributed by atoms with Crippen molar-refractivity contribution >= 4 is 21.9 Å². The molecule has 9 heteroatoms. The molecule has 0 aliphatic carbocycles. The van der Waals surface area contributed by atoms with Crippen molar-refractivity contribution in [3.63, 3.8) is 0 Å². The van der Waals surface area contributed by atoms with Crippen LogP contribution in [0.1, 0.15) is 0 Å². The highest BCUT2D eigenvalue weighted by molar-refractivity contribution is 5.99. The number of methoxy groups -OCH3 is 1. The monoisotopic (exact) mass is 437 g/mol. The van der Waals surface area contributed by atoms with Crippen LogP contribution in [0, 0.1) is 5.82 Å². The molecule has 0 saturated heterocycles. The maximum atomic E-state index is 14.1. The summed E-state index contributed by atoms with van der Waals surface area (Å²) >= 11 is 0. The number of nitrogens with one attached hydrogen (secondary N) is 2. The van der Waals surface area contributed by atoms with Gasteiger partial charge in [-0.3, -0.25) is 10.1 Å². The van der Waals surface area contributed by atoms with Crippen molar-refractivity contribution in [1.29, 1.82) is 0 Å². The molecule has 6 aromatic rings. The van der Waals surface area contributed by atoms with Gasteiger partial charge in [0.15, 0.2) is 0 Å². The van der Waals surface area contributed by atoms with E-state index in [1.807, 2.05) is 24.3 Å². The van der Waals surface area contributed by atoms with E-state index < -0.39 is 0 Å². The summed E-state index contributed by atoms with van der Waals surface area (Å²) in [5, 5.41) is 8.36. The summed E-state index contributed by atoms with van der Waals surface area (Å²) in [4.78, 5) is 20.8. The Morgan fingerprint density at radius 2 is 1.79 bits per heavy atom. The van der Waals surface area contributed by atoms with Crippen LogP contribution in [0.25, 0.3) is 55.8 Å². The van der Waals surface area contributed by atoms with E-state index in [-0.39, 0.29) is 5.82 Å². The molecule has 8 nitrogen and oxygen atoms in total. The van der Waals surface area contributed by atoms with Gasteiger partial charge in [-0.15, -0.1) is 0 Å². The van der Waals surface area contributed by atoms with E-state index in [0.717, 1.165) is 33.4 Å². The molecule has 33 heavy (non-hydrogen) atoms. The van der Waals surface area contributed by atoms with E-state index in [0.29, 0.717) is 28.2 Å². The number of fused-ring (bicyclic) bond motifs is 2. The molecule has 0 aliphatic heterocycles. The van der Waals surface area contributed by atoms with Gasteiger partial charge >= 0.3 is 0 Å². The van der Waals surface area contributed by atoms with Crippen LogP contribution in [-0.2, 0) is 0 Å². The van der Waals surface area contributed by atoms with Gasteiger partial charge in [0, 0.05) is 46.7 Å². The van der Waals surface area contributed by atoms with Crippen LogP contribution in [0.3, 0.4) is 0 Å². The van der Waals surface area contributed by atoms with Gasteiger partial charge in [-0.05, 0) is 36.4 Å². The zero-order valence-electron chi connectivity index (χ0n) is 17.4. The molecule has 2 N–H and O–H groups in total. The van der Waals surface area contributed by atoms with Gasteiger partial charge in [-0.25, -0.2) is 19.3 Å². The third-order valence-corrected chi connectivity index (χ3v) is 5.45. The number of halogens is 1. The van der Waals surface area contributed by atoms with Crippen LogP contribution in [0.2, 0.25) is 0 Å². The van der Waals surface area contributed by atoms with E-state index >= 15 is 0 Å². The lowest BCUT2D eigenvalue weighted by molar-refractivity contribution is 0.411. The predicted octanol–water partition coefficient (Wildman–Crippen LogP) is 4.77. The van der Waals surface area contributed by atoms with Crippen molar-refractivity contribution in [2.45, 2.75) is 0 Å². The van der Waals surface area contributed by atoms with E-state index in [1.165, 1.54) is 25.6 Å². The Kier molecular flexibility index (Phi) is 4.32. The van der Waals surface area contributed by atoms with Gasteiger partial charge in [0.05, 0.1) is 29.7 Å². The maximum Gasteiger partial charge on any atom is 0.135 e. The minimum Gasteiger partial charge on any atom is -0.497 e. The fourth-order valence-corrected chi connectivity index (χ4v) is 3.91. The number of nitrogens with zero attached hydrogens (tertiary/aromatic N) is 5. The summed E-state index contributed by atoms with van der Waals surface area (Å²) in [6, 6.07) is 12.2. The molecule has 0 atom stereocenters. The van der Waals surface area contributed by atoms with Gasteiger partial charge in [0.25, 0.3) is 0 Å². The van der Waals surface area contributed by atoms with Crippen molar-refractivity contribution in [3.05, 3.63) is 73.2 Å². The number of benzene rings is 1. The normalized spacial score (nSPS) is 11.3. The Hall–Kier alpha value is -4.66. The van der Waals surface area contributed by atoms with E-state index in [1.54, 1.807) is 24.7 Å². The van der Waals surface area contributed by atoms with Gasteiger partial charge in [-0.1, -0.05) is 0 Å². The SMILES string of the molecule is COc1cc(F)cc(-c2nccc3[nH]c(-c4n[nH]c5ccc(-c6cncnc6)nc45)cc23)c1. The van der Waals surface area contributed by atoms with Gasteiger partial charge in [0.1, 0.15) is 29.1 Å². The summed E-state index contributed by atoms with van der Waals surface area (Å²) in [6.07, 6.45) is 6.60. The Morgan fingerprint density at radius 3 is 2.64 bits per heavy atom. The molecular weight excluding hydrogens is 421 g/mol. The lowest BCUT2D eigenvalue weighted by atomic mass is 10.1. The van der Waals surface area contributed by atoms with Crippen LogP contribution >= 0.6 is 0 Å². The quantitative estimate of drug-likeness (QED) is 0.411. The zero-order chi connectivity index (χ0) is 22.4. The Balaban J connectivity index is 1.50. The zero-order valence-corrected chi connectivity index (χ0v) is 17.4. The fourth-order valence-electron chi connectivity index (χ4n) is 3.91. The summed E-state index contributed by atoms with van der Waals surface area (Å²) in [6.45, 7) is 0. The number of rotatable bonds is 4. The largest absolute Gasteiger partial charge is 0.497 e. The molecule has 0 unspecified atom stereocenters. The van der Waals surface area contributed by atoms with Crippen molar-refractivity contribution in [2.75, 3.05) is 7.11 Å². The summed E-state index contributed by atoms with van der Waals surface area (Å²) < 4.78 is 19.4. The second kappa shape index (κ2) is 7.49. The van der Waals surface area contributed by atoms with Crippen LogP contribution in [0.15, 0.2) is 67.4 Å². The molecule has 0 spiro atoms. The van der Waals surface area contributed by atoms with Crippen LogP contribution in [0.4, 0.5) is 4.39 Å². The smallest absolute Gasteiger partial charge is 0.135 e. The van der Waals surface area contributed by atoms with E-state index in [9.17, 15) is 4.39 Å². The first-order valence-corrected chi connectivity index (χ1v) is 10.1. The van der Waals surface area contributed by atoms with E-state index in [4.69, 9.17) is 9.72 Å². The first-order valence-electron chi connectivity index (χ1n) is 10.1. The molecule has 0 fully saturated rings. The van der Waals surface area contributed by atoms with Crippen molar-refractivity contribution in [3.8, 4) is 39.7 Å². The topological polar surface area (TPSA) is 105 Å². The number of pyridine rings is 2. The molecule has 0 radical (unpaired) electrons. The molecule has 0 bridgehead atoms. The molecule has 160 valence electrons. The number of hydrogen-bond acceptors (Lipinski definition) is 6. The van der Waals surface area contributed by atoms with Gasteiger partial charge in [0.2, 0.25) is 0 Å². The lowest BCUT2D eigenvalue weighted by Gasteiger charge is -2.06. The standard InChI is InChI=1S/C24H16FN7O/c1-33-16-7-13(6-15(25)8-16)22-17-9-21(29-19(17)4-5-28-22)24-23-20(31-32-24)3-2-18(30-23)14-10-26-12-27-11-14/h2-12,29H,1H3,(H,31,32). The predicted molar refractivity (Wildman–Crippen MR) is 122 cm³/mol. The van der Waals surface area contributed by atoms with Crippen molar-refractivity contribution < 1.29 is 9.13 Å². The van der Waals surface area contributed by atoms with Crippen molar-refractivity contribution in [2.24, 2.45) is 0 Å². The molecule has 5 heterocycles. The molecule has 5 aromatic heterocycles. The Labute approximate surface area is 186 Å². The molecule has 0 saturated carbocycles. The molecular formula is C24H16FN7O.